The zero-order valence-electron chi connectivity index (χ0n) is 27.0. The molecule has 0 radical (unpaired) electrons. The molecule has 1 N–H and O–H groups in total. The molecular weight excluding hydrogens is 552 g/mol. The Morgan fingerprint density at radius 1 is 0.909 bits per heavy atom. The standard InChI is InChI=1S/C36H52N4O4/c1-4-44-34(42)14-6-5-7-17-37-18-20-38(21-19-37)36(43)32-12-8-10-30(22-32)35(31-11-9-13-33(41)23-31)40-25-27(2)39(24-28(40)3)26-29-15-16-29/h8-13,22-23,27-29,35,41H,4-7,14-21,24-26H2,1-3H3/t27-,28+,35-/m1/s1. The van der Waals surface area contributed by atoms with Crippen LogP contribution in [0.1, 0.15) is 86.8 Å². The third kappa shape index (κ3) is 8.61. The number of carbonyl (C=O) groups is 2. The Bertz CT molecular complexity index is 1240. The molecule has 0 spiro atoms. The average Bonchev–Trinajstić information content (AvgIpc) is 3.84. The van der Waals surface area contributed by atoms with Crippen LogP contribution in [0.25, 0.3) is 0 Å². The van der Waals surface area contributed by atoms with E-state index in [1.165, 1.54) is 19.4 Å². The summed E-state index contributed by atoms with van der Waals surface area (Å²) in [6.45, 7) is 14.3. The Hall–Kier alpha value is -2.94. The van der Waals surface area contributed by atoms with E-state index in [1.54, 1.807) is 6.07 Å². The summed E-state index contributed by atoms with van der Waals surface area (Å²) in [7, 11) is 0. The Morgan fingerprint density at radius 3 is 2.34 bits per heavy atom. The van der Waals surface area contributed by atoms with Crippen molar-refractivity contribution in [2.75, 3.05) is 59.0 Å². The van der Waals surface area contributed by atoms with Gasteiger partial charge in [-0.15, -0.1) is 0 Å². The van der Waals surface area contributed by atoms with E-state index in [1.807, 2.05) is 36.1 Å². The lowest BCUT2D eigenvalue weighted by molar-refractivity contribution is -0.143. The number of esters is 1. The molecule has 2 saturated heterocycles. The fourth-order valence-corrected chi connectivity index (χ4v) is 6.96. The molecule has 2 heterocycles. The number of hydrogen-bond donors (Lipinski definition) is 1. The van der Waals surface area contributed by atoms with Crippen molar-refractivity contribution in [2.45, 2.75) is 77.4 Å². The molecule has 44 heavy (non-hydrogen) atoms. The van der Waals surface area contributed by atoms with Crippen LogP contribution in [0.3, 0.4) is 0 Å². The van der Waals surface area contributed by atoms with Gasteiger partial charge in [0.1, 0.15) is 5.75 Å². The lowest BCUT2D eigenvalue weighted by atomic mass is 9.92. The summed E-state index contributed by atoms with van der Waals surface area (Å²) in [6.07, 6.45) is 6.15. The quantitative estimate of drug-likeness (QED) is 0.250. The highest BCUT2D eigenvalue weighted by atomic mass is 16.5. The van der Waals surface area contributed by atoms with Crippen LogP contribution in [-0.4, -0.2) is 108 Å². The fraction of sp³-hybridized carbons (Fsp3) is 0.611. The third-order valence-corrected chi connectivity index (χ3v) is 9.64. The van der Waals surface area contributed by atoms with Gasteiger partial charge in [-0.2, -0.15) is 0 Å². The molecular formula is C36H52N4O4. The van der Waals surface area contributed by atoms with Crippen molar-refractivity contribution < 1.29 is 19.4 Å². The molecule has 8 nitrogen and oxygen atoms in total. The molecule has 8 heteroatoms. The molecule has 1 amide bonds. The zero-order chi connectivity index (χ0) is 31.1. The first kappa shape index (κ1) is 32.5. The summed E-state index contributed by atoms with van der Waals surface area (Å²) >= 11 is 0. The average molecular weight is 605 g/mol. The van der Waals surface area contributed by atoms with Gasteiger partial charge in [-0.05, 0) is 94.3 Å². The lowest BCUT2D eigenvalue weighted by Crippen LogP contribution is -2.57. The smallest absolute Gasteiger partial charge is 0.305 e. The minimum absolute atomic E-state index is 0.0453. The summed E-state index contributed by atoms with van der Waals surface area (Å²) in [4.78, 5) is 34.9. The number of phenolic OH excluding ortho intramolecular Hbond substituents is 1. The predicted octanol–water partition coefficient (Wildman–Crippen LogP) is 5.17. The van der Waals surface area contributed by atoms with E-state index < -0.39 is 0 Å². The van der Waals surface area contributed by atoms with Crippen molar-refractivity contribution >= 4 is 11.9 Å². The number of piperazine rings is 2. The Morgan fingerprint density at radius 2 is 1.64 bits per heavy atom. The van der Waals surface area contributed by atoms with E-state index in [9.17, 15) is 14.7 Å². The van der Waals surface area contributed by atoms with Crippen molar-refractivity contribution in [1.29, 1.82) is 0 Å². The van der Waals surface area contributed by atoms with Crippen molar-refractivity contribution in [3.8, 4) is 5.75 Å². The predicted molar refractivity (Wildman–Crippen MR) is 174 cm³/mol. The maximum atomic E-state index is 13.7. The number of benzene rings is 2. The van der Waals surface area contributed by atoms with Crippen LogP contribution >= 0.6 is 0 Å². The summed E-state index contributed by atoms with van der Waals surface area (Å²) in [5.74, 6) is 1.12. The number of rotatable bonds is 13. The van der Waals surface area contributed by atoms with E-state index in [-0.39, 0.29) is 23.7 Å². The van der Waals surface area contributed by atoms with E-state index >= 15 is 0 Å². The number of unbranched alkanes of at least 4 members (excludes halogenated alkanes) is 2. The number of carbonyl (C=O) groups excluding carboxylic acids is 2. The van der Waals surface area contributed by atoms with Crippen LogP contribution in [0, 0.1) is 5.92 Å². The molecule has 2 aromatic carbocycles. The van der Waals surface area contributed by atoms with E-state index in [0.29, 0.717) is 25.1 Å². The lowest BCUT2D eigenvalue weighted by Gasteiger charge is -2.48. The Balaban J connectivity index is 1.22. The molecule has 3 atom stereocenters. The molecule has 2 aliphatic heterocycles. The maximum Gasteiger partial charge on any atom is 0.305 e. The van der Waals surface area contributed by atoms with Gasteiger partial charge in [-0.1, -0.05) is 30.7 Å². The maximum absolute atomic E-state index is 13.7. The Labute approximate surface area is 263 Å². The van der Waals surface area contributed by atoms with Crippen LogP contribution in [-0.2, 0) is 9.53 Å². The van der Waals surface area contributed by atoms with E-state index in [2.05, 4.69) is 46.7 Å². The zero-order valence-corrected chi connectivity index (χ0v) is 27.0. The van der Waals surface area contributed by atoms with Gasteiger partial charge in [0.2, 0.25) is 0 Å². The first-order valence-electron chi connectivity index (χ1n) is 16.9. The number of amides is 1. The molecule has 0 unspecified atom stereocenters. The second kappa shape index (κ2) is 15.4. The highest BCUT2D eigenvalue weighted by Gasteiger charge is 2.37. The van der Waals surface area contributed by atoms with Gasteiger partial charge in [0.25, 0.3) is 5.91 Å². The second-order valence-electron chi connectivity index (χ2n) is 13.2. The van der Waals surface area contributed by atoms with Gasteiger partial charge >= 0.3 is 5.97 Å². The molecule has 2 aromatic rings. The fourth-order valence-electron chi connectivity index (χ4n) is 6.96. The van der Waals surface area contributed by atoms with Crippen LogP contribution in [0.15, 0.2) is 48.5 Å². The molecule has 5 rings (SSSR count). The normalized spacial score (nSPS) is 22.6. The first-order chi connectivity index (χ1) is 21.3. The number of nitrogens with zero attached hydrogens (tertiary/aromatic N) is 4. The number of aromatic hydroxyl groups is 1. The van der Waals surface area contributed by atoms with Gasteiger partial charge in [0, 0.05) is 69.9 Å². The van der Waals surface area contributed by atoms with Gasteiger partial charge in [-0.25, -0.2) is 0 Å². The SMILES string of the molecule is CCOC(=O)CCCCCN1CCN(C(=O)c2cccc([C@H](c3cccc(O)c3)N3C[C@@H](C)N(CC4CC4)C[C@@H]3C)c2)CC1. The number of phenols is 1. The van der Waals surface area contributed by atoms with E-state index in [0.717, 1.165) is 87.7 Å². The number of hydrogen-bond acceptors (Lipinski definition) is 7. The molecule has 240 valence electrons. The van der Waals surface area contributed by atoms with Crippen LogP contribution < -0.4 is 0 Å². The van der Waals surface area contributed by atoms with Crippen molar-refractivity contribution in [2.24, 2.45) is 5.92 Å². The first-order valence-corrected chi connectivity index (χ1v) is 16.9. The molecule has 3 fully saturated rings. The van der Waals surface area contributed by atoms with Crippen molar-refractivity contribution in [3.05, 3.63) is 65.2 Å². The highest BCUT2D eigenvalue weighted by Crippen LogP contribution is 2.37. The van der Waals surface area contributed by atoms with Gasteiger partial charge in [0.15, 0.2) is 0 Å². The Kier molecular flexibility index (Phi) is 11.3. The summed E-state index contributed by atoms with van der Waals surface area (Å²) in [5.41, 5.74) is 2.88. The van der Waals surface area contributed by atoms with Crippen LogP contribution in [0.4, 0.5) is 0 Å². The molecule has 1 aliphatic carbocycles. The summed E-state index contributed by atoms with van der Waals surface area (Å²) in [5, 5.41) is 10.4. The van der Waals surface area contributed by atoms with E-state index in [4.69, 9.17) is 4.74 Å². The van der Waals surface area contributed by atoms with Gasteiger partial charge < -0.3 is 14.7 Å². The highest BCUT2D eigenvalue weighted by molar-refractivity contribution is 5.94. The summed E-state index contributed by atoms with van der Waals surface area (Å²) in [6, 6.07) is 16.6. The summed E-state index contributed by atoms with van der Waals surface area (Å²) < 4.78 is 5.01. The molecule has 0 aromatic heterocycles. The minimum atomic E-state index is -0.104. The second-order valence-corrected chi connectivity index (χ2v) is 13.2. The van der Waals surface area contributed by atoms with Crippen LogP contribution in [0.5, 0.6) is 5.75 Å². The number of ether oxygens (including phenoxy) is 1. The minimum Gasteiger partial charge on any atom is -0.508 e. The molecule has 0 bridgehead atoms. The van der Waals surface area contributed by atoms with Gasteiger partial charge in [-0.3, -0.25) is 24.3 Å². The van der Waals surface area contributed by atoms with Crippen LogP contribution in [0.2, 0.25) is 0 Å². The van der Waals surface area contributed by atoms with Crippen molar-refractivity contribution in [1.82, 2.24) is 19.6 Å². The topological polar surface area (TPSA) is 76.6 Å². The van der Waals surface area contributed by atoms with Crippen molar-refractivity contribution in [3.63, 3.8) is 0 Å². The van der Waals surface area contributed by atoms with Gasteiger partial charge in [0.05, 0.1) is 12.6 Å². The molecule has 3 aliphatic rings. The molecule has 1 saturated carbocycles. The monoisotopic (exact) mass is 604 g/mol. The third-order valence-electron chi connectivity index (χ3n) is 9.64. The largest absolute Gasteiger partial charge is 0.508 e.